The smallest absolute Gasteiger partial charge is 0.255 e. The Labute approximate surface area is 182 Å². The SMILES string of the molecule is O=C1CCC(N2Cc3cccc(CN(CC4CCOCC4)C4CNC4)c3C2=O)C(=O)N1. The van der Waals surface area contributed by atoms with Gasteiger partial charge in [0.15, 0.2) is 0 Å². The molecule has 8 heteroatoms. The summed E-state index contributed by atoms with van der Waals surface area (Å²) in [5.41, 5.74) is 2.76. The summed E-state index contributed by atoms with van der Waals surface area (Å²) in [5, 5.41) is 5.75. The van der Waals surface area contributed by atoms with Crippen molar-refractivity contribution in [2.45, 2.75) is 50.9 Å². The first-order chi connectivity index (χ1) is 15.1. The van der Waals surface area contributed by atoms with Crippen LogP contribution in [-0.4, -0.2) is 72.5 Å². The van der Waals surface area contributed by atoms with Gasteiger partial charge < -0.3 is 15.0 Å². The Bertz CT molecular complexity index is 878. The van der Waals surface area contributed by atoms with Crippen LogP contribution in [0.3, 0.4) is 0 Å². The maximum Gasteiger partial charge on any atom is 0.255 e. The molecule has 166 valence electrons. The van der Waals surface area contributed by atoms with Crippen molar-refractivity contribution in [1.82, 2.24) is 20.4 Å². The van der Waals surface area contributed by atoms with Crippen LogP contribution in [0.15, 0.2) is 18.2 Å². The normalized spacial score (nSPS) is 25.0. The highest BCUT2D eigenvalue weighted by molar-refractivity contribution is 6.05. The number of amides is 3. The van der Waals surface area contributed by atoms with E-state index in [2.05, 4.69) is 15.5 Å². The number of carbonyl (C=O) groups excluding carboxylic acids is 3. The number of carbonyl (C=O) groups is 3. The van der Waals surface area contributed by atoms with Crippen LogP contribution < -0.4 is 10.6 Å². The summed E-state index contributed by atoms with van der Waals surface area (Å²) in [6.07, 6.45) is 2.85. The number of hydrogen-bond donors (Lipinski definition) is 2. The fraction of sp³-hybridized carbons (Fsp3) is 0.609. The van der Waals surface area contributed by atoms with Crippen molar-refractivity contribution in [2.24, 2.45) is 5.92 Å². The van der Waals surface area contributed by atoms with E-state index in [0.717, 1.165) is 68.9 Å². The zero-order valence-electron chi connectivity index (χ0n) is 17.8. The van der Waals surface area contributed by atoms with Crippen molar-refractivity contribution >= 4 is 17.7 Å². The molecule has 1 unspecified atom stereocenters. The van der Waals surface area contributed by atoms with Gasteiger partial charge in [-0.25, -0.2) is 0 Å². The van der Waals surface area contributed by atoms with Gasteiger partial charge in [-0.1, -0.05) is 18.2 Å². The van der Waals surface area contributed by atoms with Crippen molar-refractivity contribution in [1.29, 1.82) is 0 Å². The molecule has 0 spiro atoms. The van der Waals surface area contributed by atoms with Crippen LogP contribution in [-0.2, 0) is 27.4 Å². The topological polar surface area (TPSA) is 91.0 Å². The van der Waals surface area contributed by atoms with Crippen molar-refractivity contribution in [2.75, 3.05) is 32.8 Å². The lowest BCUT2D eigenvalue weighted by Crippen LogP contribution is -2.58. The minimum absolute atomic E-state index is 0.0853. The standard InChI is InChI=1S/C23H30N4O4/c28-20-5-4-19(22(29)25-20)27-14-17-3-1-2-16(21(17)23(27)30)13-26(18-10-24-11-18)12-15-6-8-31-9-7-15/h1-3,15,18-19,24H,4-14H2,(H,25,28,29). The first-order valence-corrected chi connectivity index (χ1v) is 11.4. The van der Waals surface area contributed by atoms with Gasteiger partial charge in [0.1, 0.15) is 6.04 Å². The van der Waals surface area contributed by atoms with Gasteiger partial charge in [-0.3, -0.25) is 24.6 Å². The van der Waals surface area contributed by atoms with Crippen molar-refractivity contribution in [3.05, 3.63) is 34.9 Å². The zero-order chi connectivity index (χ0) is 21.4. The molecule has 1 aromatic carbocycles. The van der Waals surface area contributed by atoms with Crippen molar-refractivity contribution < 1.29 is 19.1 Å². The predicted octanol–water partition coefficient (Wildman–Crippen LogP) is 0.648. The third-order valence-electron chi connectivity index (χ3n) is 7.12. The summed E-state index contributed by atoms with van der Waals surface area (Å²) in [6.45, 7) is 5.82. The Kier molecular flexibility index (Phi) is 5.77. The third-order valence-corrected chi connectivity index (χ3v) is 7.12. The Hall–Kier alpha value is -2.29. The monoisotopic (exact) mass is 426 g/mol. The summed E-state index contributed by atoms with van der Waals surface area (Å²) in [7, 11) is 0. The maximum absolute atomic E-state index is 13.4. The summed E-state index contributed by atoms with van der Waals surface area (Å²) < 4.78 is 5.52. The number of ether oxygens (including phenoxy) is 1. The van der Waals surface area contributed by atoms with E-state index < -0.39 is 6.04 Å². The molecule has 0 bridgehead atoms. The van der Waals surface area contributed by atoms with Crippen LogP contribution in [0.4, 0.5) is 0 Å². The minimum atomic E-state index is -0.570. The molecule has 0 aliphatic carbocycles. The lowest BCUT2D eigenvalue weighted by Gasteiger charge is -2.41. The summed E-state index contributed by atoms with van der Waals surface area (Å²) >= 11 is 0. The lowest BCUT2D eigenvalue weighted by atomic mass is 9.96. The molecule has 1 atom stereocenters. The number of nitrogens with zero attached hydrogens (tertiary/aromatic N) is 2. The average Bonchev–Trinajstić information content (AvgIpc) is 3.05. The molecule has 4 aliphatic heterocycles. The first kappa shape index (κ1) is 20.6. The number of rotatable bonds is 6. The van der Waals surface area contributed by atoms with E-state index >= 15 is 0 Å². The zero-order valence-corrected chi connectivity index (χ0v) is 17.8. The highest BCUT2D eigenvalue weighted by atomic mass is 16.5. The fourth-order valence-electron chi connectivity index (χ4n) is 5.18. The van der Waals surface area contributed by atoms with Gasteiger partial charge in [0.05, 0.1) is 0 Å². The van der Waals surface area contributed by atoms with E-state index in [4.69, 9.17) is 4.74 Å². The molecule has 5 rings (SSSR count). The number of piperidine rings is 1. The second-order valence-electron chi connectivity index (χ2n) is 9.15. The summed E-state index contributed by atoms with van der Waals surface area (Å²) in [4.78, 5) is 41.4. The molecule has 4 heterocycles. The molecular weight excluding hydrogens is 396 g/mol. The molecule has 3 amide bonds. The third kappa shape index (κ3) is 4.12. The van der Waals surface area contributed by atoms with Crippen LogP contribution in [0, 0.1) is 5.92 Å². The van der Waals surface area contributed by atoms with Gasteiger partial charge in [0.25, 0.3) is 5.91 Å². The quantitative estimate of drug-likeness (QED) is 0.649. The van der Waals surface area contributed by atoms with Gasteiger partial charge in [-0.15, -0.1) is 0 Å². The number of hydrogen-bond acceptors (Lipinski definition) is 6. The van der Waals surface area contributed by atoms with Gasteiger partial charge in [-0.2, -0.15) is 0 Å². The molecule has 0 radical (unpaired) electrons. The molecule has 2 N–H and O–H groups in total. The molecular formula is C23H30N4O4. The Morgan fingerprint density at radius 2 is 1.90 bits per heavy atom. The van der Waals surface area contributed by atoms with Crippen LogP contribution in [0.25, 0.3) is 0 Å². The average molecular weight is 427 g/mol. The molecule has 31 heavy (non-hydrogen) atoms. The summed E-state index contributed by atoms with van der Waals surface area (Å²) in [5.74, 6) is -0.0794. The van der Waals surface area contributed by atoms with Crippen LogP contribution >= 0.6 is 0 Å². The van der Waals surface area contributed by atoms with Crippen molar-refractivity contribution in [3.8, 4) is 0 Å². The van der Waals surface area contributed by atoms with Gasteiger partial charge in [0.2, 0.25) is 11.8 Å². The van der Waals surface area contributed by atoms with Gasteiger partial charge in [0, 0.05) is 64.0 Å². The van der Waals surface area contributed by atoms with Gasteiger partial charge in [-0.05, 0) is 36.3 Å². The second-order valence-corrected chi connectivity index (χ2v) is 9.15. The molecule has 3 saturated heterocycles. The van der Waals surface area contributed by atoms with E-state index in [1.165, 1.54) is 0 Å². The van der Waals surface area contributed by atoms with E-state index in [0.29, 0.717) is 24.9 Å². The molecule has 0 aromatic heterocycles. The summed E-state index contributed by atoms with van der Waals surface area (Å²) in [6, 6.07) is 5.96. The lowest BCUT2D eigenvalue weighted by molar-refractivity contribution is -0.136. The van der Waals surface area contributed by atoms with Crippen LogP contribution in [0.2, 0.25) is 0 Å². The van der Waals surface area contributed by atoms with E-state index in [1.807, 2.05) is 18.2 Å². The fourth-order valence-corrected chi connectivity index (χ4v) is 5.18. The molecule has 8 nitrogen and oxygen atoms in total. The highest BCUT2D eigenvalue weighted by Gasteiger charge is 2.40. The largest absolute Gasteiger partial charge is 0.381 e. The first-order valence-electron chi connectivity index (χ1n) is 11.4. The molecule has 3 fully saturated rings. The van der Waals surface area contributed by atoms with Crippen molar-refractivity contribution in [3.63, 3.8) is 0 Å². The number of benzene rings is 1. The van der Waals surface area contributed by atoms with E-state index in [-0.39, 0.29) is 24.1 Å². The maximum atomic E-state index is 13.4. The van der Waals surface area contributed by atoms with Crippen LogP contribution in [0.1, 0.15) is 47.2 Å². The molecule has 0 saturated carbocycles. The number of nitrogens with one attached hydrogen (secondary N) is 2. The Morgan fingerprint density at radius 1 is 1.10 bits per heavy atom. The second kappa shape index (κ2) is 8.68. The number of fused-ring (bicyclic) bond motifs is 1. The Morgan fingerprint density at radius 3 is 2.61 bits per heavy atom. The Balaban J connectivity index is 1.34. The predicted molar refractivity (Wildman–Crippen MR) is 113 cm³/mol. The van der Waals surface area contributed by atoms with Gasteiger partial charge >= 0.3 is 0 Å². The minimum Gasteiger partial charge on any atom is -0.381 e. The molecule has 1 aromatic rings. The molecule has 4 aliphatic rings. The van der Waals surface area contributed by atoms with E-state index in [1.54, 1.807) is 4.90 Å². The number of imide groups is 1. The van der Waals surface area contributed by atoms with E-state index in [9.17, 15) is 14.4 Å². The van der Waals surface area contributed by atoms with Crippen LogP contribution in [0.5, 0.6) is 0 Å². The highest BCUT2D eigenvalue weighted by Crippen LogP contribution is 2.31.